The van der Waals surface area contributed by atoms with E-state index < -0.39 is 0 Å². The lowest BCUT2D eigenvalue weighted by atomic mass is 10.1. The minimum absolute atomic E-state index is 0.141. The Hall–Kier alpha value is -3.25. The van der Waals surface area contributed by atoms with Gasteiger partial charge in [0.2, 0.25) is 5.91 Å². The Labute approximate surface area is 176 Å². The highest BCUT2D eigenvalue weighted by molar-refractivity contribution is 5.92. The second-order valence-corrected chi connectivity index (χ2v) is 7.50. The van der Waals surface area contributed by atoms with Crippen LogP contribution in [-0.2, 0) is 16.1 Å². The number of rotatable bonds is 10. The molecular weight excluding hydrogens is 376 g/mol. The lowest BCUT2D eigenvalue weighted by Gasteiger charge is -2.03. The van der Waals surface area contributed by atoms with Crippen molar-refractivity contribution in [2.75, 3.05) is 19.8 Å². The van der Waals surface area contributed by atoms with E-state index in [1.165, 1.54) is 12.8 Å². The third-order valence-corrected chi connectivity index (χ3v) is 4.92. The molecule has 0 atom stereocenters. The summed E-state index contributed by atoms with van der Waals surface area (Å²) in [5, 5.41) is 7.60. The summed E-state index contributed by atoms with van der Waals surface area (Å²) in [7, 11) is 0. The Bertz CT molecular complexity index is 979. The quantitative estimate of drug-likeness (QED) is 0.416. The third-order valence-electron chi connectivity index (χ3n) is 4.92. The monoisotopic (exact) mass is 402 g/mol. The van der Waals surface area contributed by atoms with Gasteiger partial charge in [-0.3, -0.25) is 14.5 Å². The number of nitrogens with zero attached hydrogens (tertiary/aromatic N) is 3. The van der Waals surface area contributed by atoms with Crippen molar-refractivity contribution in [1.82, 2.24) is 20.1 Å². The van der Waals surface area contributed by atoms with Gasteiger partial charge in [0, 0.05) is 48.9 Å². The number of carbonyl (C=O) groups excluding carboxylic acids is 1. The third kappa shape index (κ3) is 5.87. The van der Waals surface area contributed by atoms with E-state index in [1.807, 2.05) is 41.2 Å². The molecule has 1 fully saturated rings. The van der Waals surface area contributed by atoms with Gasteiger partial charge in [-0.05, 0) is 42.5 Å². The molecule has 1 aliphatic carbocycles. The number of aromatic nitrogens is 3. The summed E-state index contributed by atoms with van der Waals surface area (Å²) in [6, 6.07) is 14.0. The molecule has 6 nitrogen and oxygen atoms in total. The number of amides is 1. The molecular formula is C24H26N4O2. The molecule has 30 heavy (non-hydrogen) atoms. The Morgan fingerprint density at radius 2 is 2.07 bits per heavy atom. The molecule has 1 amide bonds. The maximum atomic E-state index is 12.2. The molecule has 0 bridgehead atoms. The van der Waals surface area contributed by atoms with Crippen molar-refractivity contribution < 1.29 is 9.53 Å². The molecule has 0 radical (unpaired) electrons. The number of benzene rings is 1. The van der Waals surface area contributed by atoms with Crippen LogP contribution in [0.15, 0.2) is 67.1 Å². The predicted octanol–water partition coefficient (Wildman–Crippen LogP) is 3.55. The van der Waals surface area contributed by atoms with E-state index in [9.17, 15) is 4.79 Å². The summed E-state index contributed by atoms with van der Waals surface area (Å²) in [5.74, 6) is 0.594. The van der Waals surface area contributed by atoms with Crippen molar-refractivity contribution >= 4 is 12.0 Å². The van der Waals surface area contributed by atoms with Gasteiger partial charge >= 0.3 is 0 Å². The van der Waals surface area contributed by atoms with Crippen LogP contribution in [0, 0.1) is 5.92 Å². The first-order chi connectivity index (χ1) is 14.8. The standard InChI is InChI=1S/C24H26N4O2/c29-23(26-13-14-30-18-20-8-9-20)11-10-22-17-28(16-19-5-2-1-3-6-19)27-24(22)21-7-4-12-25-15-21/h1-7,10-12,15,17,20H,8-9,13-14,16,18H2,(H,26,29). The normalized spacial score (nSPS) is 13.6. The second kappa shape index (κ2) is 9.98. The first-order valence-corrected chi connectivity index (χ1v) is 10.3. The van der Waals surface area contributed by atoms with Gasteiger partial charge in [-0.2, -0.15) is 5.10 Å². The number of nitrogens with one attached hydrogen (secondary N) is 1. The van der Waals surface area contributed by atoms with Crippen molar-refractivity contribution in [3.8, 4) is 11.3 Å². The highest BCUT2D eigenvalue weighted by Crippen LogP contribution is 2.28. The molecule has 0 saturated heterocycles. The van der Waals surface area contributed by atoms with E-state index in [-0.39, 0.29) is 5.91 Å². The fourth-order valence-corrected chi connectivity index (χ4v) is 3.14. The van der Waals surface area contributed by atoms with Gasteiger partial charge in [-0.1, -0.05) is 30.3 Å². The van der Waals surface area contributed by atoms with Gasteiger partial charge in [0.1, 0.15) is 5.69 Å². The molecule has 1 aromatic carbocycles. The molecule has 2 aromatic heterocycles. The van der Waals surface area contributed by atoms with Crippen LogP contribution >= 0.6 is 0 Å². The maximum absolute atomic E-state index is 12.2. The van der Waals surface area contributed by atoms with Crippen LogP contribution in [0.5, 0.6) is 0 Å². The lowest BCUT2D eigenvalue weighted by molar-refractivity contribution is -0.116. The summed E-state index contributed by atoms with van der Waals surface area (Å²) in [5.41, 5.74) is 3.75. The summed E-state index contributed by atoms with van der Waals surface area (Å²) in [6.07, 6.45) is 11.4. The van der Waals surface area contributed by atoms with Crippen molar-refractivity contribution in [2.45, 2.75) is 19.4 Å². The van der Waals surface area contributed by atoms with Crippen molar-refractivity contribution in [3.05, 3.63) is 78.3 Å². The Morgan fingerprint density at radius 1 is 1.20 bits per heavy atom. The molecule has 0 unspecified atom stereocenters. The number of carbonyl (C=O) groups is 1. The van der Waals surface area contributed by atoms with Crippen LogP contribution in [-0.4, -0.2) is 40.4 Å². The second-order valence-electron chi connectivity index (χ2n) is 7.50. The Balaban J connectivity index is 1.42. The zero-order chi connectivity index (χ0) is 20.6. The number of ether oxygens (including phenoxy) is 1. The molecule has 3 aromatic rings. The SMILES string of the molecule is O=C(C=Cc1cn(Cc2ccccc2)nc1-c1cccnc1)NCCOCC1CC1. The predicted molar refractivity (Wildman–Crippen MR) is 117 cm³/mol. The average molecular weight is 402 g/mol. The van der Waals surface area contributed by atoms with Gasteiger partial charge in [-0.15, -0.1) is 0 Å². The fraction of sp³-hybridized carbons (Fsp3) is 0.292. The van der Waals surface area contributed by atoms with Crippen LogP contribution in [0.4, 0.5) is 0 Å². The lowest BCUT2D eigenvalue weighted by Crippen LogP contribution is -2.25. The maximum Gasteiger partial charge on any atom is 0.244 e. The van der Waals surface area contributed by atoms with Crippen LogP contribution in [0.2, 0.25) is 0 Å². The summed E-state index contributed by atoms with van der Waals surface area (Å²) in [6.45, 7) is 2.53. The molecule has 1 saturated carbocycles. The van der Waals surface area contributed by atoms with Gasteiger partial charge in [0.15, 0.2) is 0 Å². The van der Waals surface area contributed by atoms with E-state index in [2.05, 4.69) is 22.4 Å². The molecule has 0 aliphatic heterocycles. The van der Waals surface area contributed by atoms with Gasteiger partial charge in [0.05, 0.1) is 13.2 Å². The van der Waals surface area contributed by atoms with E-state index in [0.29, 0.717) is 19.7 Å². The number of hydrogen-bond acceptors (Lipinski definition) is 4. The zero-order valence-electron chi connectivity index (χ0n) is 16.9. The first kappa shape index (κ1) is 20.0. The Kier molecular flexibility index (Phi) is 6.67. The van der Waals surface area contributed by atoms with E-state index in [0.717, 1.165) is 34.9 Å². The molecule has 1 N–H and O–H groups in total. The minimum atomic E-state index is -0.141. The molecule has 2 heterocycles. The summed E-state index contributed by atoms with van der Waals surface area (Å²) in [4.78, 5) is 16.4. The van der Waals surface area contributed by atoms with Crippen LogP contribution < -0.4 is 5.32 Å². The summed E-state index contributed by atoms with van der Waals surface area (Å²) >= 11 is 0. The van der Waals surface area contributed by atoms with Crippen LogP contribution in [0.3, 0.4) is 0 Å². The first-order valence-electron chi connectivity index (χ1n) is 10.3. The smallest absolute Gasteiger partial charge is 0.244 e. The molecule has 6 heteroatoms. The number of pyridine rings is 1. The fourth-order valence-electron chi connectivity index (χ4n) is 3.14. The topological polar surface area (TPSA) is 69.0 Å². The molecule has 1 aliphatic rings. The van der Waals surface area contributed by atoms with E-state index >= 15 is 0 Å². The molecule has 0 spiro atoms. The average Bonchev–Trinajstić information content (AvgIpc) is 3.52. The van der Waals surface area contributed by atoms with Crippen molar-refractivity contribution in [1.29, 1.82) is 0 Å². The highest BCUT2D eigenvalue weighted by Gasteiger charge is 2.20. The minimum Gasteiger partial charge on any atom is -0.379 e. The highest BCUT2D eigenvalue weighted by atomic mass is 16.5. The zero-order valence-corrected chi connectivity index (χ0v) is 16.9. The van der Waals surface area contributed by atoms with Crippen LogP contribution in [0.25, 0.3) is 17.3 Å². The van der Waals surface area contributed by atoms with Gasteiger partial charge in [-0.25, -0.2) is 0 Å². The largest absolute Gasteiger partial charge is 0.379 e. The summed E-state index contributed by atoms with van der Waals surface area (Å²) < 4.78 is 7.44. The molecule has 154 valence electrons. The Morgan fingerprint density at radius 3 is 2.83 bits per heavy atom. The van der Waals surface area contributed by atoms with E-state index in [4.69, 9.17) is 9.84 Å². The van der Waals surface area contributed by atoms with Crippen molar-refractivity contribution in [2.24, 2.45) is 5.92 Å². The molecule has 4 rings (SSSR count). The van der Waals surface area contributed by atoms with Gasteiger partial charge < -0.3 is 10.1 Å². The number of hydrogen-bond donors (Lipinski definition) is 1. The van der Waals surface area contributed by atoms with Crippen molar-refractivity contribution in [3.63, 3.8) is 0 Å². The van der Waals surface area contributed by atoms with E-state index in [1.54, 1.807) is 24.5 Å². The van der Waals surface area contributed by atoms with Gasteiger partial charge in [0.25, 0.3) is 0 Å². The van der Waals surface area contributed by atoms with Crippen LogP contribution in [0.1, 0.15) is 24.0 Å².